The Kier molecular flexibility index (Phi) is 5.53. The Bertz CT molecular complexity index is 335. The maximum Gasteiger partial charge on any atom is -0.00176 e. The van der Waals surface area contributed by atoms with Gasteiger partial charge >= 0.3 is 0 Å². The largest absolute Gasteiger partial charge is 0.316 e. The molecule has 5 rings (SSSR count). The van der Waals surface area contributed by atoms with Crippen molar-refractivity contribution in [3.8, 4) is 0 Å². The maximum atomic E-state index is 3.63. The molecular formula is C22H40N2. The van der Waals surface area contributed by atoms with Crippen LogP contribution in [0.15, 0.2) is 0 Å². The highest BCUT2D eigenvalue weighted by Gasteiger charge is 2.39. The van der Waals surface area contributed by atoms with Gasteiger partial charge in [0, 0.05) is 0 Å². The van der Waals surface area contributed by atoms with Crippen LogP contribution in [0.3, 0.4) is 0 Å². The molecule has 5 aliphatic rings. The normalized spacial score (nSPS) is 40.1. The van der Waals surface area contributed by atoms with E-state index < -0.39 is 0 Å². The monoisotopic (exact) mass is 332 g/mol. The van der Waals surface area contributed by atoms with E-state index in [0.29, 0.717) is 0 Å². The van der Waals surface area contributed by atoms with Gasteiger partial charge < -0.3 is 10.6 Å². The molecule has 138 valence electrons. The molecule has 0 aromatic heterocycles. The van der Waals surface area contributed by atoms with Gasteiger partial charge in [0.05, 0.1) is 0 Å². The highest BCUT2D eigenvalue weighted by molar-refractivity contribution is 4.92. The second kappa shape index (κ2) is 7.66. The number of hydrogen-bond donors (Lipinski definition) is 2. The Morgan fingerprint density at radius 1 is 0.542 bits per heavy atom. The summed E-state index contributed by atoms with van der Waals surface area (Å²) < 4.78 is 0. The molecule has 0 amide bonds. The van der Waals surface area contributed by atoms with Gasteiger partial charge in [-0.25, -0.2) is 0 Å². The fourth-order valence-corrected chi connectivity index (χ4v) is 5.31. The molecule has 4 unspecified atom stereocenters. The van der Waals surface area contributed by atoms with Crippen LogP contribution in [0.5, 0.6) is 0 Å². The molecule has 0 spiro atoms. The predicted octanol–water partition coefficient (Wildman–Crippen LogP) is 4.31. The first-order valence-corrected chi connectivity index (χ1v) is 11.1. The lowest BCUT2D eigenvalue weighted by molar-refractivity contribution is 0.216. The van der Waals surface area contributed by atoms with Gasteiger partial charge in [0.1, 0.15) is 0 Å². The highest BCUT2D eigenvalue weighted by Crippen LogP contribution is 2.46. The second-order valence-electron chi connectivity index (χ2n) is 10.1. The van der Waals surface area contributed by atoms with Gasteiger partial charge in [-0.15, -0.1) is 0 Å². The number of rotatable bonds is 4. The van der Waals surface area contributed by atoms with Gasteiger partial charge in [0.15, 0.2) is 0 Å². The molecule has 0 aromatic carbocycles. The zero-order valence-corrected chi connectivity index (χ0v) is 16.1. The van der Waals surface area contributed by atoms with Crippen molar-refractivity contribution in [3.05, 3.63) is 0 Å². The summed E-state index contributed by atoms with van der Waals surface area (Å²) in [5.41, 5.74) is 0. The minimum atomic E-state index is 0.874. The molecule has 0 bridgehead atoms. The van der Waals surface area contributed by atoms with E-state index in [1.54, 1.807) is 6.42 Å². The first kappa shape index (κ1) is 17.3. The summed E-state index contributed by atoms with van der Waals surface area (Å²) in [6.45, 7) is 9.94. The smallest absolute Gasteiger partial charge is 0.00176 e. The SMILES string of the molecule is C1CC1C1CNCC(C2CC2)C1.CC(C)C1CNCC(C2CC2)C1. The summed E-state index contributed by atoms with van der Waals surface area (Å²) in [5, 5.41) is 7.22. The third-order valence-electron chi connectivity index (χ3n) is 7.65. The van der Waals surface area contributed by atoms with E-state index in [9.17, 15) is 0 Å². The van der Waals surface area contributed by atoms with E-state index in [1.165, 1.54) is 71.1 Å². The Hall–Kier alpha value is -0.0800. The third kappa shape index (κ3) is 4.75. The molecule has 24 heavy (non-hydrogen) atoms. The molecule has 5 fully saturated rings. The highest BCUT2D eigenvalue weighted by atomic mass is 14.9. The average molecular weight is 333 g/mol. The second-order valence-corrected chi connectivity index (χ2v) is 10.1. The van der Waals surface area contributed by atoms with Crippen molar-refractivity contribution in [2.24, 2.45) is 47.3 Å². The topological polar surface area (TPSA) is 24.1 Å². The van der Waals surface area contributed by atoms with Gasteiger partial charge in [-0.05, 0) is 125 Å². The summed E-state index contributed by atoms with van der Waals surface area (Å²) in [6, 6.07) is 0. The third-order valence-corrected chi connectivity index (χ3v) is 7.65. The van der Waals surface area contributed by atoms with Crippen molar-refractivity contribution < 1.29 is 0 Å². The number of piperidine rings is 2. The number of hydrogen-bond acceptors (Lipinski definition) is 2. The molecule has 2 heteroatoms. The van der Waals surface area contributed by atoms with Gasteiger partial charge in [-0.2, -0.15) is 0 Å². The van der Waals surface area contributed by atoms with Crippen LogP contribution < -0.4 is 10.6 Å². The van der Waals surface area contributed by atoms with Crippen molar-refractivity contribution in [2.45, 2.75) is 65.2 Å². The molecule has 4 atom stereocenters. The molecule has 2 saturated heterocycles. The summed E-state index contributed by atoms with van der Waals surface area (Å²) in [7, 11) is 0. The van der Waals surface area contributed by atoms with Crippen molar-refractivity contribution in [1.82, 2.24) is 10.6 Å². The average Bonchev–Trinajstić information content (AvgIpc) is 3.49. The molecule has 2 N–H and O–H groups in total. The van der Waals surface area contributed by atoms with Crippen LogP contribution in [-0.4, -0.2) is 26.2 Å². The lowest BCUT2D eigenvalue weighted by Crippen LogP contribution is -2.39. The first-order valence-electron chi connectivity index (χ1n) is 11.1. The minimum absolute atomic E-state index is 0.874. The van der Waals surface area contributed by atoms with Crippen molar-refractivity contribution in [2.75, 3.05) is 26.2 Å². The molecule has 0 radical (unpaired) electrons. The first-order chi connectivity index (χ1) is 11.7. The molecule has 3 saturated carbocycles. The van der Waals surface area contributed by atoms with Gasteiger partial charge in [0.25, 0.3) is 0 Å². The van der Waals surface area contributed by atoms with Gasteiger partial charge in [-0.3, -0.25) is 0 Å². The molecule has 0 aromatic rings. The van der Waals surface area contributed by atoms with E-state index in [-0.39, 0.29) is 0 Å². The maximum absolute atomic E-state index is 3.63. The fourth-order valence-electron chi connectivity index (χ4n) is 5.31. The van der Waals surface area contributed by atoms with Crippen LogP contribution in [0.1, 0.15) is 65.2 Å². The van der Waals surface area contributed by atoms with Gasteiger partial charge in [-0.1, -0.05) is 13.8 Å². The van der Waals surface area contributed by atoms with Crippen LogP contribution in [0, 0.1) is 47.3 Å². The summed E-state index contributed by atoms with van der Waals surface area (Å²) in [5.74, 6) is 8.31. The summed E-state index contributed by atoms with van der Waals surface area (Å²) >= 11 is 0. The Morgan fingerprint density at radius 2 is 0.958 bits per heavy atom. The minimum Gasteiger partial charge on any atom is -0.316 e. The van der Waals surface area contributed by atoms with Crippen molar-refractivity contribution in [3.63, 3.8) is 0 Å². The van der Waals surface area contributed by atoms with E-state index in [4.69, 9.17) is 0 Å². The summed E-state index contributed by atoms with van der Waals surface area (Å²) in [6.07, 6.45) is 12.2. The van der Waals surface area contributed by atoms with Crippen molar-refractivity contribution >= 4 is 0 Å². The zero-order chi connectivity index (χ0) is 16.5. The predicted molar refractivity (Wildman–Crippen MR) is 102 cm³/mol. The molecule has 2 heterocycles. The molecule has 2 nitrogen and oxygen atoms in total. The van der Waals surface area contributed by atoms with E-state index >= 15 is 0 Å². The quantitative estimate of drug-likeness (QED) is 0.801. The molecule has 3 aliphatic carbocycles. The van der Waals surface area contributed by atoms with E-state index in [2.05, 4.69) is 24.5 Å². The number of nitrogens with one attached hydrogen (secondary N) is 2. The van der Waals surface area contributed by atoms with Crippen LogP contribution in [-0.2, 0) is 0 Å². The van der Waals surface area contributed by atoms with Crippen LogP contribution >= 0.6 is 0 Å². The zero-order valence-electron chi connectivity index (χ0n) is 16.1. The Morgan fingerprint density at radius 3 is 1.38 bits per heavy atom. The fraction of sp³-hybridized carbons (Fsp3) is 1.00. The molecular weight excluding hydrogens is 292 g/mol. The van der Waals surface area contributed by atoms with Crippen LogP contribution in [0.2, 0.25) is 0 Å². The van der Waals surface area contributed by atoms with Gasteiger partial charge in [0.2, 0.25) is 0 Å². The standard InChI is InChI=1S/C11H19N.C11H21N/c1-2-8(1)10-5-11(7-12-6-10)9-3-4-9;1-8(2)10-5-11(7-12-6-10)9-3-4-9/h8-12H,1-7H2;8-12H,3-7H2,1-2H3. The van der Waals surface area contributed by atoms with E-state index in [0.717, 1.165) is 47.3 Å². The van der Waals surface area contributed by atoms with Crippen LogP contribution in [0.25, 0.3) is 0 Å². The van der Waals surface area contributed by atoms with E-state index in [1.807, 2.05) is 0 Å². The molecule has 2 aliphatic heterocycles. The Labute approximate surface area is 149 Å². The van der Waals surface area contributed by atoms with Crippen LogP contribution in [0.4, 0.5) is 0 Å². The summed E-state index contributed by atoms with van der Waals surface area (Å²) in [4.78, 5) is 0. The lowest BCUT2D eigenvalue weighted by Gasteiger charge is -2.32. The van der Waals surface area contributed by atoms with Crippen molar-refractivity contribution in [1.29, 1.82) is 0 Å². The Balaban J connectivity index is 0.000000121. The lowest BCUT2D eigenvalue weighted by atomic mass is 9.81.